The molecule has 0 spiro atoms. The van der Waals surface area contributed by atoms with Crippen molar-refractivity contribution in [3.63, 3.8) is 0 Å². The van der Waals surface area contributed by atoms with Crippen molar-refractivity contribution in [3.05, 3.63) is 65.2 Å². The zero-order chi connectivity index (χ0) is 16.4. The maximum atomic E-state index is 5.85. The maximum Gasteiger partial charge on any atom is 0.120 e. The lowest BCUT2D eigenvalue weighted by molar-refractivity contribution is 0.306. The molecule has 0 heterocycles. The Balaban J connectivity index is 0.000000561. The standard InChI is InChI=1S/C17H18O.2C2H6/c1-13-7-8-15-11-16(9-10-17(13)15)18-12-14-5-3-2-4-6-14;2*1-2/h2-6,9-11,13H,7-8,12H2,1H3;2*1-2H3. The van der Waals surface area contributed by atoms with Gasteiger partial charge in [-0.1, -0.05) is 71.0 Å². The molecular weight excluding hydrogens is 268 g/mol. The van der Waals surface area contributed by atoms with Gasteiger partial charge in [-0.3, -0.25) is 0 Å². The number of ether oxygens (including phenoxy) is 1. The molecule has 2 aromatic rings. The van der Waals surface area contributed by atoms with E-state index in [0.29, 0.717) is 12.5 Å². The van der Waals surface area contributed by atoms with E-state index in [9.17, 15) is 0 Å². The molecule has 0 bridgehead atoms. The third-order valence-corrected chi connectivity index (χ3v) is 3.74. The Morgan fingerprint density at radius 1 is 0.955 bits per heavy atom. The van der Waals surface area contributed by atoms with Gasteiger partial charge in [0.2, 0.25) is 0 Å². The van der Waals surface area contributed by atoms with Crippen LogP contribution in [-0.2, 0) is 13.0 Å². The highest BCUT2D eigenvalue weighted by molar-refractivity contribution is 5.40. The molecule has 1 heteroatoms. The van der Waals surface area contributed by atoms with Crippen molar-refractivity contribution in [2.45, 2.75) is 60.0 Å². The monoisotopic (exact) mass is 298 g/mol. The second kappa shape index (κ2) is 10.0. The largest absolute Gasteiger partial charge is 0.489 e. The summed E-state index contributed by atoms with van der Waals surface area (Å²) in [4.78, 5) is 0. The normalized spacial score (nSPS) is 14.9. The summed E-state index contributed by atoms with van der Waals surface area (Å²) in [6.07, 6.45) is 2.47. The average molecular weight is 298 g/mol. The molecule has 0 aliphatic heterocycles. The average Bonchev–Trinajstić information content (AvgIpc) is 2.98. The molecule has 0 saturated heterocycles. The first kappa shape index (κ1) is 18.3. The highest BCUT2D eigenvalue weighted by atomic mass is 16.5. The van der Waals surface area contributed by atoms with Crippen LogP contribution in [0.25, 0.3) is 0 Å². The summed E-state index contributed by atoms with van der Waals surface area (Å²) >= 11 is 0. The van der Waals surface area contributed by atoms with Gasteiger partial charge in [0, 0.05) is 0 Å². The Morgan fingerprint density at radius 3 is 2.32 bits per heavy atom. The van der Waals surface area contributed by atoms with Crippen LogP contribution in [-0.4, -0.2) is 0 Å². The highest BCUT2D eigenvalue weighted by Gasteiger charge is 2.18. The fraction of sp³-hybridized carbons (Fsp3) is 0.429. The van der Waals surface area contributed by atoms with Gasteiger partial charge >= 0.3 is 0 Å². The minimum absolute atomic E-state index is 0.648. The minimum Gasteiger partial charge on any atom is -0.489 e. The molecule has 2 aromatic carbocycles. The number of aryl methyl sites for hydroxylation is 1. The van der Waals surface area contributed by atoms with E-state index in [2.05, 4.69) is 37.3 Å². The van der Waals surface area contributed by atoms with E-state index < -0.39 is 0 Å². The van der Waals surface area contributed by atoms with Crippen molar-refractivity contribution in [1.29, 1.82) is 0 Å². The van der Waals surface area contributed by atoms with Crippen LogP contribution < -0.4 is 4.74 Å². The molecule has 1 atom stereocenters. The smallest absolute Gasteiger partial charge is 0.120 e. The summed E-state index contributed by atoms with van der Waals surface area (Å²) in [5.41, 5.74) is 4.18. The van der Waals surface area contributed by atoms with Crippen LogP contribution in [0.4, 0.5) is 0 Å². The second-order valence-electron chi connectivity index (χ2n) is 5.07. The number of rotatable bonds is 3. The van der Waals surface area contributed by atoms with Gasteiger partial charge in [0.25, 0.3) is 0 Å². The molecule has 0 N–H and O–H groups in total. The first-order chi connectivity index (χ1) is 10.8. The number of hydrogen-bond acceptors (Lipinski definition) is 1. The summed E-state index contributed by atoms with van der Waals surface area (Å²) in [7, 11) is 0. The van der Waals surface area contributed by atoms with Crippen molar-refractivity contribution in [2.24, 2.45) is 0 Å². The predicted molar refractivity (Wildman–Crippen MR) is 96.6 cm³/mol. The number of fused-ring (bicyclic) bond motifs is 1. The molecule has 0 aromatic heterocycles. The molecular formula is C21H30O. The van der Waals surface area contributed by atoms with Crippen LogP contribution in [0.3, 0.4) is 0 Å². The van der Waals surface area contributed by atoms with Crippen molar-refractivity contribution in [2.75, 3.05) is 0 Å². The van der Waals surface area contributed by atoms with Gasteiger partial charge in [0.1, 0.15) is 12.4 Å². The zero-order valence-corrected chi connectivity index (χ0v) is 14.7. The lowest BCUT2D eigenvalue weighted by atomic mass is 10.0. The number of hydrogen-bond donors (Lipinski definition) is 0. The van der Waals surface area contributed by atoms with Gasteiger partial charge in [0.15, 0.2) is 0 Å². The number of benzene rings is 2. The van der Waals surface area contributed by atoms with Crippen LogP contribution in [0, 0.1) is 0 Å². The Labute approximate surface area is 136 Å². The van der Waals surface area contributed by atoms with Gasteiger partial charge < -0.3 is 4.74 Å². The van der Waals surface area contributed by atoms with E-state index in [-0.39, 0.29) is 0 Å². The van der Waals surface area contributed by atoms with Crippen LogP contribution in [0.2, 0.25) is 0 Å². The topological polar surface area (TPSA) is 9.23 Å². The quantitative estimate of drug-likeness (QED) is 0.640. The summed E-state index contributed by atoms with van der Waals surface area (Å²) in [6, 6.07) is 16.8. The van der Waals surface area contributed by atoms with E-state index in [1.807, 2.05) is 45.9 Å². The molecule has 1 aliphatic rings. The molecule has 0 radical (unpaired) electrons. The molecule has 0 saturated carbocycles. The van der Waals surface area contributed by atoms with Crippen molar-refractivity contribution < 1.29 is 4.74 Å². The molecule has 3 rings (SSSR count). The van der Waals surface area contributed by atoms with Gasteiger partial charge in [-0.2, -0.15) is 0 Å². The van der Waals surface area contributed by atoms with E-state index in [0.717, 1.165) is 5.75 Å². The van der Waals surface area contributed by atoms with Crippen molar-refractivity contribution >= 4 is 0 Å². The fourth-order valence-corrected chi connectivity index (χ4v) is 2.64. The molecule has 0 fully saturated rings. The second-order valence-corrected chi connectivity index (χ2v) is 5.07. The van der Waals surface area contributed by atoms with Gasteiger partial charge in [0.05, 0.1) is 0 Å². The van der Waals surface area contributed by atoms with Gasteiger partial charge in [-0.15, -0.1) is 0 Å². The Bertz CT molecular complexity index is 531. The van der Waals surface area contributed by atoms with E-state index in [4.69, 9.17) is 4.74 Å². The van der Waals surface area contributed by atoms with Crippen molar-refractivity contribution in [3.8, 4) is 5.75 Å². The highest BCUT2D eigenvalue weighted by Crippen LogP contribution is 2.34. The molecule has 1 aliphatic carbocycles. The van der Waals surface area contributed by atoms with Gasteiger partial charge in [-0.25, -0.2) is 0 Å². The van der Waals surface area contributed by atoms with Gasteiger partial charge in [-0.05, 0) is 47.6 Å². The van der Waals surface area contributed by atoms with Crippen LogP contribution in [0.1, 0.15) is 63.6 Å². The Kier molecular flexibility index (Phi) is 8.35. The van der Waals surface area contributed by atoms with Crippen LogP contribution in [0.5, 0.6) is 5.75 Å². The lowest BCUT2D eigenvalue weighted by Gasteiger charge is -2.09. The summed E-state index contributed by atoms with van der Waals surface area (Å²) < 4.78 is 5.85. The summed E-state index contributed by atoms with van der Waals surface area (Å²) in [5, 5.41) is 0. The molecule has 1 unspecified atom stereocenters. The fourth-order valence-electron chi connectivity index (χ4n) is 2.64. The van der Waals surface area contributed by atoms with E-state index in [1.165, 1.54) is 29.5 Å². The van der Waals surface area contributed by atoms with Crippen molar-refractivity contribution in [1.82, 2.24) is 0 Å². The lowest BCUT2D eigenvalue weighted by Crippen LogP contribution is -1.96. The van der Waals surface area contributed by atoms with Crippen LogP contribution >= 0.6 is 0 Å². The van der Waals surface area contributed by atoms with E-state index >= 15 is 0 Å². The summed E-state index contributed by atoms with van der Waals surface area (Å²) in [6.45, 7) is 10.9. The van der Waals surface area contributed by atoms with E-state index in [1.54, 1.807) is 0 Å². The SMILES string of the molecule is CC.CC.CC1CCc2cc(OCc3ccccc3)ccc21. The molecule has 120 valence electrons. The Hall–Kier alpha value is -1.76. The third kappa shape index (κ3) is 4.91. The first-order valence-electron chi connectivity index (χ1n) is 8.62. The molecule has 0 amide bonds. The molecule has 1 nitrogen and oxygen atoms in total. The first-order valence-corrected chi connectivity index (χ1v) is 8.62. The zero-order valence-electron chi connectivity index (χ0n) is 14.7. The third-order valence-electron chi connectivity index (χ3n) is 3.74. The minimum atomic E-state index is 0.648. The summed E-state index contributed by atoms with van der Waals surface area (Å²) in [5.74, 6) is 1.70. The predicted octanol–water partition coefficient (Wildman–Crippen LogP) is 6.37. The molecule has 22 heavy (non-hydrogen) atoms. The van der Waals surface area contributed by atoms with Crippen LogP contribution in [0.15, 0.2) is 48.5 Å². The Morgan fingerprint density at radius 2 is 1.64 bits per heavy atom. The maximum absolute atomic E-state index is 5.85.